The number of para-hydroxylation sites is 2. The van der Waals surface area contributed by atoms with E-state index in [1.807, 2.05) is 13.0 Å². The van der Waals surface area contributed by atoms with Crippen molar-refractivity contribution in [1.29, 1.82) is 0 Å². The Morgan fingerprint density at radius 2 is 1.48 bits per heavy atom. The molecule has 3 aromatic carbocycles. The molecule has 27 heavy (non-hydrogen) atoms. The molecule has 0 saturated carbocycles. The first-order chi connectivity index (χ1) is 13.1. The van der Waals surface area contributed by atoms with Crippen molar-refractivity contribution in [3.63, 3.8) is 0 Å². The molecule has 0 aliphatic carbocycles. The molecule has 0 amide bonds. The highest BCUT2D eigenvalue weighted by atomic mass is 35.5. The van der Waals surface area contributed by atoms with E-state index in [0.29, 0.717) is 16.7 Å². The minimum Gasteiger partial charge on any atom is -0.492 e. The maximum absolute atomic E-state index is 6.25. The second kappa shape index (κ2) is 7.84. The fourth-order valence-electron chi connectivity index (χ4n) is 3.66. The van der Waals surface area contributed by atoms with Gasteiger partial charge in [0.1, 0.15) is 5.75 Å². The number of ether oxygens (including phenoxy) is 1. The Hall–Kier alpha value is -2.16. The van der Waals surface area contributed by atoms with E-state index < -0.39 is 0 Å². The predicted molar refractivity (Wildman–Crippen MR) is 115 cm³/mol. The van der Waals surface area contributed by atoms with Gasteiger partial charge in [-0.3, -0.25) is 0 Å². The van der Waals surface area contributed by atoms with Crippen LogP contribution in [0.1, 0.15) is 18.4 Å². The third-order valence-corrected chi connectivity index (χ3v) is 5.40. The van der Waals surface area contributed by atoms with E-state index in [-0.39, 0.29) is 0 Å². The van der Waals surface area contributed by atoms with E-state index in [4.69, 9.17) is 27.9 Å². The van der Waals surface area contributed by atoms with Crippen molar-refractivity contribution in [2.75, 3.05) is 6.61 Å². The summed E-state index contributed by atoms with van der Waals surface area (Å²) in [6.45, 7) is 3.56. The summed E-state index contributed by atoms with van der Waals surface area (Å²) < 4.78 is 8.33. The quantitative estimate of drug-likeness (QED) is 0.312. The van der Waals surface area contributed by atoms with Gasteiger partial charge in [-0.25, -0.2) is 0 Å². The summed E-state index contributed by atoms with van der Waals surface area (Å²) in [4.78, 5) is 0. The smallest absolute Gasteiger partial charge is 0.140 e. The first-order valence-electron chi connectivity index (χ1n) is 9.19. The third-order valence-electron chi connectivity index (χ3n) is 4.90. The second-order valence-corrected chi connectivity index (χ2v) is 7.62. The summed E-state index contributed by atoms with van der Waals surface area (Å²) >= 11 is 12.3. The standard InChI is InChI=1S/C23H21Cl2NO/c1-16-14-17(24)15-20(25)23(16)27-13-7-6-12-26-21-10-4-2-8-18(21)19-9-3-5-11-22(19)26/h2-5,8-11,14-15H,6-7,12-13H2,1H3. The van der Waals surface area contributed by atoms with Crippen LogP contribution >= 0.6 is 23.2 Å². The minimum atomic E-state index is 0.572. The number of rotatable bonds is 6. The number of hydrogen-bond acceptors (Lipinski definition) is 1. The molecular formula is C23H21Cl2NO. The lowest BCUT2D eigenvalue weighted by Crippen LogP contribution is -2.03. The molecular weight excluding hydrogens is 377 g/mol. The Kier molecular flexibility index (Phi) is 5.29. The highest BCUT2D eigenvalue weighted by Gasteiger charge is 2.10. The number of unbranched alkanes of at least 4 members (excludes halogenated alkanes) is 1. The summed E-state index contributed by atoms with van der Waals surface area (Å²) in [6, 6.07) is 20.8. The van der Waals surface area contributed by atoms with E-state index in [0.717, 1.165) is 30.7 Å². The molecule has 1 heterocycles. The van der Waals surface area contributed by atoms with Crippen LogP contribution in [0.4, 0.5) is 0 Å². The average molecular weight is 398 g/mol. The number of benzene rings is 3. The lowest BCUT2D eigenvalue weighted by atomic mass is 10.2. The summed E-state index contributed by atoms with van der Waals surface area (Å²) in [6.07, 6.45) is 1.99. The number of aromatic nitrogens is 1. The summed E-state index contributed by atoms with van der Waals surface area (Å²) in [7, 11) is 0. The molecule has 138 valence electrons. The van der Waals surface area contributed by atoms with Gasteiger partial charge in [-0.2, -0.15) is 0 Å². The van der Waals surface area contributed by atoms with Crippen LogP contribution in [-0.4, -0.2) is 11.2 Å². The summed E-state index contributed by atoms with van der Waals surface area (Å²) in [5.41, 5.74) is 3.54. The van der Waals surface area contributed by atoms with Gasteiger partial charge in [-0.05, 0) is 49.6 Å². The first-order valence-corrected chi connectivity index (χ1v) is 9.95. The van der Waals surface area contributed by atoms with Crippen LogP contribution in [0.3, 0.4) is 0 Å². The SMILES string of the molecule is Cc1cc(Cl)cc(Cl)c1OCCCCn1c2ccccc2c2ccccc21. The molecule has 0 radical (unpaired) electrons. The fourth-order valence-corrected chi connectivity index (χ4v) is 4.31. The predicted octanol–water partition coefficient (Wildman–Crippen LogP) is 7.27. The van der Waals surface area contributed by atoms with Crippen LogP contribution in [-0.2, 0) is 6.54 Å². The molecule has 0 spiro atoms. The fraction of sp³-hybridized carbons (Fsp3) is 0.217. The lowest BCUT2D eigenvalue weighted by Gasteiger charge is -2.12. The van der Waals surface area contributed by atoms with Crippen molar-refractivity contribution in [2.24, 2.45) is 0 Å². The van der Waals surface area contributed by atoms with Gasteiger partial charge in [-0.1, -0.05) is 59.6 Å². The molecule has 1 aromatic heterocycles. The zero-order valence-corrected chi connectivity index (χ0v) is 16.7. The molecule has 0 atom stereocenters. The van der Waals surface area contributed by atoms with E-state index >= 15 is 0 Å². The number of fused-ring (bicyclic) bond motifs is 3. The summed E-state index contributed by atoms with van der Waals surface area (Å²) in [5, 5.41) is 3.83. The maximum atomic E-state index is 6.25. The number of hydrogen-bond donors (Lipinski definition) is 0. The number of nitrogens with zero attached hydrogens (tertiary/aromatic N) is 1. The van der Waals surface area contributed by atoms with Crippen molar-refractivity contribution in [2.45, 2.75) is 26.3 Å². The van der Waals surface area contributed by atoms with Crippen LogP contribution < -0.4 is 4.74 Å². The van der Waals surface area contributed by atoms with Gasteiger partial charge >= 0.3 is 0 Å². The largest absolute Gasteiger partial charge is 0.492 e. The molecule has 0 saturated heterocycles. The Morgan fingerprint density at radius 3 is 2.11 bits per heavy atom. The van der Waals surface area contributed by atoms with Gasteiger partial charge in [0, 0.05) is 33.4 Å². The second-order valence-electron chi connectivity index (χ2n) is 6.78. The molecule has 0 fully saturated rings. The summed E-state index contributed by atoms with van der Waals surface area (Å²) in [5.74, 6) is 0.734. The van der Waals surface area contributed by atoms with Crippen LogP contribution in [0.5, 0.6) is 5.75 Å². The molecule has 0 bridgehead atoms. The van der Waals surface area contributed by atoms with Gasteiger partial charge in [-0.15, -0.1) is 0 Å². The molecule has 0 N–H and O–H groups in total. The molecule has 0 aliphatic rings. The molecule has 2 nitrogen and oxygen atoms in total. The minimum absolute atomic E-state index is 0.572. The number of aryl methyl sites for hydroxylation is 2. The van der Waals surface area contributed by atoms with Gasteiger partial charge in [0.15, 0.2) is 0 Å². The van der Waals surface area contributed by atoms with Crippen LogP contribution in [0.25, 0.3) is 21.8 Å². The van der Waals surface area contributed by atoms with Crippen LogP contribution in [0, 0.1) is 6.92 Å². The molecule has 4 rings (SSSR count). The van der Waals surface area contributed by atoms with E-state index in [1.165, 1.54) is 21.8 Å². The molecule has 0 aliphatic heterocycles. The zero-order valence-electron chi connectivity index (χ0n) is 15.2. The van der Waals surface area contributed by atoms with Crippen molar-refractivity contribution in [3.05, 3.63) is 76.3 Å². The highest BCUT2D eigenvalue weighted by Crippen LogP contribution is 2.32. The van der Waals surface area contributed by atoms with E-state index in [2.05, 4.69) is 53.1 Å². The highest BCUT2D eigenvalue weighted by molar-refractivity contribution is 6.35. The molecule has 0 unspecified atom stereocenters. The Balaban J connectivity index is 1.44. The van der Waals surface area contributed by atoms with Crippen LogP contribution in [0.2, 0.25) is 10.0 Å². The van der Waals surface area contributed by atoms with Crippen LogP contribution in [0.15, 0.2) is 60.7 Å². The Bertz CT molecular complexity index is 1020. The molecule has 4 heteroatoms. The van der Waals surface area contributed by atoms with Gasteiger partial charge in [0.05, 0.1) is 11.6 Å². The molecule has 4 aromatic rings. The lowest BCUT2D eigenvalue weighted by molar-refractivity contribution is 0.302. The topological polar surface area (TPSA) is 14.2 Å². The van der Waals surface area contributed by atoms with Gasteiger partial charge in [0.2, 0.25) is 0 Å². The number of halogens is 2. The van der Waals surface area contributed by atoms with Gasteiger partial charge in [0.25, 0.3) is 0 Å². The Morgan fingerprint density at radius 1 is 0.852 bits per heavy atom. The van der Waals surface area contributed by atoms with Gasteiger partial charge < -0.3 is 9.30 Å². The third kappa shape index (κ3) is 3.65. The van der Waals surface area contributed by atoms with E-state index in [9.17, 15) is 0 Å². The maximum Gasteiger partial charge on any atom is 0.140 e. The van der Waals surface area contributed by atoms with Crippen molar-refractivity contribution in [3.8, 4) is 5.75 Å². The average Bonchev–Trinajstić information content (AvgIpc) is 2.97. The zero-order chi connectivity index (χ0) is 18.8. The Labute approximate surface area is 169 Å². The van der Waals surface area contributed by atoms with Crippen molar-refractivity contribution < 1.29 is 4.74 Å². The van der Waals surface area contributed by atoms with E-state index in [1.54, 1.807) is 6.07 Å². The van der Waals surface area contributed by atoms with Crippen molar-refractivity contribution in [1.82, 2.24) is 4.57 Å². The first kappa shape index (κ1) is 18.2. The normalized spacial score (nSPS) is 11.4. The monoisotopic (exact) mass is 397 g/mol. The van der Waals surface area contributed by atoms with Crippen molar-refractivity contribution >= 4 is 45.0 Å².